The summed E-state index contributed by atoms with van der Waals surface area (Å²) in [5.74, 6) is -0.493. The predicted octanol–water partition coefficient (Wildman–Crippen LogP) is 2.97. The zero-order valence-electron chi connectivity index (χ0n) is 14.2. The van der Waals surface area contributed by atoms with Crippen LogP contribution in [0.15, 0.2) is 48.5 Å². The van der Waals surface area contributed by atoms with Gasteiger partial charge in [0, 0.05) is 12.0 Å². The first kappa shape index (κ1) is 16.3. The highest BCUT2D eigenvalue weighted by atomic mass is 16.5. The van der Waals surface area contributed by atoms with E-state index in [1.807, 2.05) is 24.3 Å². The molecule has 2 aromatic rings. The van der Waals surface area contributed by atoms with Crippen molar-refractivity contribution in [1.82, 2.24) is 0 Å². The van der Waals surface area contributed by atoms with E-state index in [0.29, 0.717) is 25.7 Å². The summed E-state index contributed by atoms with van der Waals surface area (Å²) >= 11 is 0. The molecule has 0 spiro atoms. The van der Waals surface area contributed by atoms with Crippen molar-refractivity contribution in [2.75, 3.05) is 6.61 Å². The van der Waals surface area contributed by atoms with Crippen LogP contribution < -0.4 is 5.73 Å². The Morgan fingerprint density at radius 1 is 1.04 bits per heavy atom. The molecule has 2 aliphatic rings. The maximum atomic E-state index is 12.5. The van der Waals surface area contributed by atoms with E-state index in [1.165, 1.54) is 22.3 Å². The molecule has 25 heavy (non-hydrogen) atoms. The minimum atomic E-state index is -1.38. The van der Waals surface area contributed by atoms with Crippen LogP contribution in [0.25, 0.3) is 11.1 Å². The second-order valence-corrected chi connectivity index (χ2v) is 7.19. The number of benzene rings is 2. The van der Waals surface area contributed by atoms with E-state index in [2.05, 4.69) is 24.3 Å². The molecule has 130 valence electrons. The summed E-state index contributed by atoms with van der Waals surface area (Å²) in [7, 11) is 0. The van der Waals surface area contributed by atoms with E-state index >= 15 is 0 Å². The summed E-state index contributed by atoms with van der Waals surface area (Å²) in [5.41, 5.74) is 9.23. The number of hydrogen-bond acceptors (Lipinski definition) is 4. The highest BCUT2D eigenvalue weighted by Crippen LogP contribution is 2.44. The average molecular weight is 337 g/mol. The zero-order chi connectivity index (χ0) is 17.4. The van der Waals surface area contributed by atoms with Crippen molar-refractivity contribution in [3.63, 3.8) is 0 Å². The number of esters is 1. The normalized spacial score (nSPS) is 25.3. The molecule has 1 fully saturated rings. The number of aliphatic hydroxyl groups is 1. The first-order chi connectivity index (χ1) is 12.1. The standard InChI is InChI=1S/C21H23NO3/c22-14-9-11-21(24,12-10-14)20(23)25-13-19-17-7-3-1-5-15(17)16-6-2-4-8-18(16)19/h1-8,14,19,24H,9-13,22H2. The van der Waals surface area contributed by atoms with Crippen molar-refractivity contribution < 1.29 is 14.6 Å². The highest BCUT2D eigenvalue weighted by Gasteiger charge is 2.41. The van der Waals surface area contributed by atoms with Gasteiger partial charge in [0.05, 0.1) is 0 Å². The molecule has 4 rings (SSSR count). The van der Waals surface area contributed by atoms with Gasteiger partial charge >= 0.3 is 5.97 Å². The van der Waals surface area contributed by atoms with Crippen LogP contribution in [0, 0.1) is 0 Å². The quantitative estimate of drug-likeness (QED) is 0.845. The maximum absolute atomic E-state index is 12.5. The van der Waals surface area contributed by atoms with Gasteiger partial charge in [-0.1, -0.05) is 48.5 Å². The molecule has 4 nitrogen and oxygen atoms in total. The van der Waals surface area contributed by atoms with Gasteiger partial charge in [-0.25, -0.2) is 4.79 Å². The zero-order valence-corrected chi connectivity index (χ0v) is 14.2. The van der Waals surface area contributed by atoms with E-state index in [-0.39, 0.29) is 18.6 Å². The summed E-state index contributed by atoms with van der Waals surface area (Å²) in [6, 6.07) is 16.5. The van der Waals surface area contributed by atoms with E-state index < -0.39 is 11.6 Å². The van der Waals surface area contributed by atoms with Crippen molar-refractivity contribution in [1.29, 1.82) is 0 Å². The Morgan fingerprint density at radius 2 is 1.56 bits per heavy atom. The van der Waals surface area contributed by atoms with Crippen LogP contribution in [-0.2, 0) is 9.53 Å². The van der Waals surface area contributed by atoms with Crippen LogP contribution in [0.5, 0.6) is 0 Å². The molecule has 0 saturated heterocycles. The molecule has 0 aliphatic heterocycles. The number of carbonyl (C=O) groups excluding carboxylic acids is 1. The van der Waals surface area contributed by atoms with Crippen LogP contribution in [0.1, 0.15) is 42.7 Å². The molecule has 2 aromatic carbocycles. The van der Waals surface area contributed by atoms with Crippen molar-refractivity contribution >= 4 is 5.97 Å². The third kappa shape index (κ3) is 2.86. The lowest BCUT2D eigenvalue weighted by Crippen LogP contribution is -2.46. The van der Waals surface area contributed by atoms with E-state index in [0.717, 1.165) is 0 Å². The first-order valence-corrected chi connectivity index (χ1v) is 8.92. The van der Waals surface area contributed by atoms with Gasteiger partial charge < -0.3 is 15.6 Å². The van der Waals surface area contributed by atoms with Gasteiger partial charge in [0.1, 0.15) is 6.61 Å². The lowest BCUT2D eigenvalue weighted by Gasteiger charge is -2.32. The molecule has 0 amide bonds. The Morgan fingerprint density at radius 3 is 2.12 bits per heavy atom. The van der Waals surface area contributed by atoms with Gasteiger partial charge in [0.25, 0.3) is 0 Å². The minimum absolute atomic E-state index is 0.0193. The summed E-state index contributed by atoms with van der Waals surface area (Å²) in [6.45, 7) is 0.251. The van der Waals surface area contributed by atoms with Crippen LogP contribution >= 0.6 is 0 Å². The molecule has 1 saturated carbocycles. The molecule has 0 unspecified atom stereocenters. The van der Waals surface area contributed by atoms with Crippen molar-refractivity contribution in [2.45, 2.75) is 43.2 Å². The summed E-state index contributed by atoms with van der Waals surface area (Å²) in [4.78, 5) is 12.5. The van der Waals surface area contributed by atoms with Crippen LogP contribution in [0.2, 0.25) is 0 Å². The second kappa shape index (κ2) is 6.28. The molecule has 4 heteroatoms. The number of ether oxygens (including phenoxy) is 1. The Labute approximate surface area is 147 Å². The summed E-state index contributed by atoms with van der Waals surface area (Å²) in [6.07, 6.45) is 2.07. The van der Waals surface area contributed by atoms with E-state index in [9.17, 15) is 9.90 Å². The third-order valence-corrected chi connectivity index (χ3v) is 5.58. The van der Waals surface area contributed by atoms with Gasteiger partial charge in [-0.05, 0) is 47.9 Å². The Hall–Kier alpha value is -2.17. The van der Waals surface area contributed by atoms with Gasteiger partial charge in [0.15, 0.2) is 5.60 Å². The molecule has 0 heterocycles. The molecule has 0 aromatic heterocycles. The van der Waals surface area contributed by atoms with Gasteiger partial charge in [-0.3, -0.25) is 0 Å². The summed E-state index contributed by atoms with van der Waals surface area (Å²) in [5, 5.41) is 10.6. The molecule has 3 N–H and O–H groups in total. The van der Waals surface area contributed by atoms with Crippen LogP contribution in [0.3, 0.4) is 0 Å². The topological polar surface area (TPSA) is 72.5 Å². The third-order valence-electron chi connectivity index (χ3n) is 5.58. The predicted molar refractivity (Wildman–Crippen MR) is 96.1 cm³/mol. The fraction of sp³-hybridized carbons (Fsp3) is 0.381. The number of rotatable bonds is 3. The second-order valence-electron chi connectivity index (χ2n) is 7.19. The molecule has 0 radical (unpaired) electrons. The fourth-order valence-electron chi connectivity index (χ4n) is 4.05. The van der Waals surface area contributed by atoms with Gasteiger partial charge in [-0.15, -0.1) is 0 Å². The molecule has 0 bridgehead atoms. The number of carbonyl (C=O) groups is 1. The Balaban J connectivity index is 1.52. The Bertz CT molecular complexity index is 748. The molecular formula is C21H23NO3. The van der Waals surface area contributed by atoms with Gasteiger partial charge in [0.2, 0.25) is 0 Å². The lowest BCUT2D eigenvalue weighted by molar-refractivity contribution is -0.169. The summed E-state index contributed by atoms with van der Waals surface area (Å²) < 4.78 is 5.59. The number of nitrogens with two attached hydrogens (primary N) is 1. The average Bonchev–Trinajstić information content (AvgIpc) is 2.96. The van der Waals surface area contributed by atoms with Crippen molar-refractivity contribution in [2.24, 2.45) is 5.73 Å². The van der Waals surface area contributed by atoms with Crippen LogP contribution in [0.4, 0.5) is 0 Å². The first-order valence-electron chi connectivity index (χ1n) is 8.92. The Kier molecular flexibility index (Phi) is 4.10. The van der Waals surface area contributed by atoms with Crippen LogP contribution in [-0.4, -0.2) is 29.3 Å². The van der Waals surface area contributed by atoms with Gasteiger partial charge in [-0.2, -0.15) is 0 Å². The molecule has 2 aliphatic carbocycles. The fourth-order valence-corrected chi connectivity index (χ4v) is 4.05. The smallest absolute Gasteiger partial charge is 0.338 e. The van der Waals surface area contributed by atoms with Crippen molar-refractivity contribution in [3.8, 4) is 11.1 Å². The largest absolute Gasteiger partial charge is 0.463 e. The lowest BCUT2D eigenvalue weighted by atomic mass is 9.82. The number of fused-ring (bicyclic) bond motifs is 3. The maximum Gasteiger partial charge on any atom is 0.338 e. The van der Waals surface area contributed by atoms with Crippen molar-refractivity contribution in [3.05, 3.63) is 59.7 Å². The van der Waals surface area contributed by atoms with E-state index in [4.69, 9.17) is 10.5 Å². The SMILES string of the molecule is NC1CCC(O)(C(=O)OCC2c3ccccc3-c3ccccc32)CC1. The minimum Gasteiger partial charge on any atom is -0.463 e. The molecular weight excluding hydrogens is 314 g/mol. The van der Waals surface area contributed by atoms with E-state index in [1.54, 1.807) is 0 Å². The monoisotopic (exact) mass is 337 g/mol. The number of hydrogen-bond donors (Lipinski definition) is 2. The highest BCUT2D eigenvalue weighted by molar-refractivity contribution is 5.81. The molecule has 0 atom stereocenters.